The Morgan fingerprint density at radius 3 is 2.83 bits per heavy atom. The standard InChI is InChI=1S/C14H18FNO2/c15-13-7-4-9-16(10-8-13)14(17)18-11-12-5-2-1-3-6-12/h1-3,5-6,13H,4,7-11H2. The number of carbonyl (C=O) groups excluding carboxylic acids is 1. The number of rotatable bonds is 2. The van der Waals surface area contributed by atoms with Crippen molar-refractivity contribution >= 4 is 6.09 Å². The Labute approximate surface area is 107 Å². The van der Waals surface area contributed by atoms with Crippen molar-refractivity contribution in [3.63, 3.8) is 0 Å². The molecular weight excluding hydrogens is 233 g/mol. The van der Waals surface area contributed by atoms with E-state index in [9.17, 15) is 9.18 Å². The lowest BCUT2D eigenvalue weighted by atomic mass is 10.2. The normalized spacial score (nSPS) is 20.3. The molecule has 0 bridgehead atoms. The minimum absolute atomic E-state index is 0.273. The summed E-state index contributed by atoms with van der Waals surface area (Å²) in [5.41, 5.74) is 0.962. The Bertz CT molecular complexity index is 383. The monoisotopic (exact) mass is 251 g/mol. The van der Waals surface area contributed by atoms with Crippen LogP contribution in [0, 0.1) is 0 Å². The van der Waals surface area contributed by atoms with Crippen LogP contribution in [-0.2, 0) is 11.3 Å². The first-order valence-electron chi connectivity index (χ1n) is 6.35. The number of hydrogen-bond donors (Lipinski definition) is 0. The van der Waals surface area contributed by atoms with Crippen molar-refractivity contribution in [3.8, 4) is 0 Å². The van der Waals surface area contributed by atoms with Gasteiger partial charge in [0.2, 0.25) is 0 Å². The zero-order valence-corrected chi connectivity index (χ0v) is 10.3. The molecule has 1 fully saturated rings. The van der Waals surface area contributed by atoms with Crippen molar-refractivity contribution in [1.29, 1.82) is 0 Å². The van der Waals surface area contributed by atoms with Gasteiger partial charge in [-0.25, -0.2) is 9.18 Å². The van der Waals surface area contributed by atoms with Gasteiger partial charge in [-0.05, 0) is 24.8 Å². The van der Waals surface area contributed by atoms with Gasteiger partial charge in [-0.2, -0.15) is 0 Å². The smallest absolute Gasteiger partial charge is 0.410 e. The van der Waals surface area contributed by atoms with E-state index in [0.29, 0.717) is 32.4 Å². The fourth-order valence-electron chi connectivity index (χ4n) is 2.05. The molecule has 0 aromatic heterocycles. The SMILES string of the molecule is O=C(OCc1ccccc1)N1CCCC(F)CC1. The second-order valence-electron chi connectivity index (χ2n) is 4.56. The van der Waals surface area contributed by atoms with Gasteiger partial charge in [-0.1, -0.05) is 30.3 Å². The number of likely N-dealkylation sites (tertiary alicyclic amines) is 1. The molecule has 1 aromatic carbocycles. The largest absolute Gasteiger partial charge is 0.445 e. The highest BCUT2D eigenvalue weighted by Gasteiger charge is 2.20. The molecule has 2 rings (SSSR count). The Kier molecular flexibility index (Phi) is 4.56. The van der Waals surface area contributed by atoms with Crippen LogP contribution in [0.2, 0.25) is 0 Å². The van der Waals surface area contributed by atoms with Gasteiger partial charge in [0.15, 0.2) is 0 Å². The Balaban J connectivity index is 1.80. The van der Waals surface area contributed by atoms with Crippen LogP contribution in [0.25, 0.3) is 0 Å². The Morgan fingerprint density at radius 1 is 1.28 bits per heavy atom. The summed E-state index contributed by atoms with van der Waals surface area (Å²) in [5, 5.41) is 0. The summed E-state index contributed by atoms with van der Waals surface area (Å²) >= 11 is 0. The van der Waals surface area contributed by atoms with Crippen LogP contribution in [0.4, 0.5) is 9.18 Å². The average Bonchev–Trinajstić information content (AvgIpc) is 2.62. The molecule has 0 aliphatic carbocycles. The molecule has 0 N–H and O–H groups in total. The predicted molar refractivity (Wildman–Crippen MR) is 66.9 cm³/mol. The quantitative estimate of drug-likeness (QED) is 0.808. The first-order chi connectivity index (χ1) is 8.75. The molecule has 1 amide bonds. The number of halogens is 1. The molecule has 1 unspecified atom stereocenters. The summed E-state index contributed by atoms with van der Waals surface area (Å²) in [6.07, 6.45) is 0.551. The minimum Gasteiger partial charge on any atom is -0.445 e. The van der Waals surface area contributed by atoms with Crippen LogP contribution in [0.15, 0.2) is 30.3 Å². The van der Waals surface area contributed by atoms with E-state index >= 15 is 0 Å². The lowest BCUT2D eigenvalue weighted by molar-refractivity contribution is 0.0968. The van der Waals surface area contributed by atoms with Crippen LogP contribution in [0.1, 0.15) is 24.8 Å². The topological polar surface area (TPSA) is 29.5 Å². The van der Waals surface area contributed by atoms with Crippen molar-refractivity contribution in [1.82, 2.24) is 4.90 Å². The molecule has 1 aliphatic heterocycles. The molecule has 0 saturated carbocycles. The van der Waals surface area contributed by atoms with Gasteiger partial charge in [0.1, 0.15) is 12.8 Å². The molecule has 0 radical (unpaired) electrons. The summed E-state index contributed by atoms with van der Waals surface area (Å²) in [7, 11) is 0. The molecule has 1 heterocycles. The van der Waals surface area contributed by atoms with E-state index < -0.39 is 6.17 Å². The van der Waals surface area contributed by atoms with E-state index in [-0.39, 0.29) is 12.7 Å². The van der Waals surface area contributed by atoms with Crippen molar-refractivity contribution in [2.75, 3.05) is 13.1 Å². The molecule has 3 nitrogen and oxygen atoms in total. The first-order valence-corrected chi connectivity index (χ1v) is 6.35. The van der Waals surface area contributed by atoms with E-state index in [1.54, 1.807) is 4.90 Å². The average molecular weight is 251 g/mol. The molecule has 1 saturated heterocycles. The number of benzene rings is 1. The van der Waals surface area contributed by atoms with Gasteiger partial charge in [-0.15, -0.1) is 0 Å². The van der Waals surface area contributed by atoms with Crippen LogP contribution >= 0.6 is 0 Å². The molecule has 1 aliphatic rings. The van der Waals surface area contributed by atoms with Gasteiger partial charge in [0, 0.05) is 13.1 Å². The lowest BCUT2D eigenvalue weighted by Crippen LogP contribution is -2.32. The van der Waals surface area contributed by atoms with Crippen molar-refractivity contribution in [2.45, 2.75) is 32.0 Å². The molecular formula is C14H18FNO2. The zero-order valence-electron chi connectivity index (χ0n) is 10.3. The maximum atomic E-state index is 13.2. The zero-order chi connectivity index (χ0) is 12.8. The molecule has 98 valence electrons. The Hall–Kier alpha value is -1.58. The number of ether oxygens (including phenoxy) is 1. The summed E-state index contributed by atoms with van der Waals surface area (Å²) in [5.74, 6) is 0. The van der Waals surface area contributed by atoms with Crippen LogP contribution in [0.5, 0.6) is 0 Å². The number of carbonyl (C=O) groups is 1. The number of nitrogens with zero attached hydrogens (tertiary/aromatic N) is 1. The predicted octanol–water partition coefficient (Wildman–Crippen LogP) is 3.15. The van der Waals surface area contributed by atoms with Gasteiger partial charge in [0.05, 0.1) is 0 Å². The first kappa shape index (κ1) is 12.9. The lowest BCUT2D eigenvalue weighted by Gasteiger charge is -2.19. The van der Waals surface area contributed by atoms with Crippen molar-refractivity contribution in [3.05, 3.63) is 35.9 Å². The van der Waals surface area contributed by atoms with E-state index in [2.05, 4.69) is 0 Å². The second-order valence-corrected chi connectivity index (χ2v) is 4.56. The maximum Gasteiger partial charge on any atom is 0.410 e. The highest BCUT2D eigenvalue weighted by Crippen LogP contribution is 2.15. The summed E-state index contributed by atoms with van der Waals surface area (Å²) in [6, 6.07) is 9.55. The maximum absolute atomic E-state index is 13.2. The van der Waals surface area contributed by atoms with E-state index in [1.165, 1.54) is 0 Å². The molecule has 0 spiro atoms. The van der Waals surface area contributed by atoms with Gasteiger partial charge >= 0.3 is 6.09 Å². The number of amides is 1. The van der Waals surface area contributed by atoms with Gasteiger partial charge < -0.3 is 9.64 Å². The van der Waals surface area contributed by atoms with E-state index in [0.717, 1.165) is 5.56 Å². The minimum atomic E-state index is -0.781. The van der Waals surface area contributed by atoms with E-state index in [1.807, 2.05) is 30.3 Å². The third-order valence-electron chi connectivity index (χ3n) is 3.12. The van der Waals surface area contributed by atoms with Gasteiger partial charge in [0.25, 0.3) is 0 Å². The van der Waals surface area contributed by atoms with Crippen LogP contribution in [-0.4, -0.2) is 30.3 Å². The molecule has 4 heteroatoms. The molecule has 1 aromatic rings. The third-order valence-corrected chi connectivity index (χ3v) is 3.12. The van der Waals surface area contributed by atoms with Crippen molar-refractivity contribution < 1.29 is 13.9 Å². The number of alkyl halides is 1. The van der Waals surface area contributed by atoms with Crippen LogP contribution in [0.3, 0.4) is 0 Å². The molecule has 1 atom stereocenters. The fourth-order valence-corrected chi connectivity index (χ4v) is 2.05. The second kappa shape index (κ2) is 6.38. The highest BCUT2D eigenvalue weighted by atomic mass is 19.1. The van der Waals surface area contributed by atoms with Crippen LogP contribution < -0.4 is 0 Å². The summed E-state index contributed by atoms with van der Waals surface area (Å²) in [6.45, 7) is 1.32. The summed E-state index contributed by atoms with van der Waals surface area (Å²) < 4.78 is 18.4. The third kappa shape index (κ3) is 3.72. The number of hydrogen-bond acceptors (Lipinski definition) is 2. The van der Waals surface area contributed by atoms with Gasteiger partial charge in [-0.3, -0.25) is 0 Å². The Morgan fingerprint density at radius 2 is 2.06 bits per heavy atom. The van der Waals surface area contributed by atoms with Crippen molar-refractivity contribution in [2.24, 2.45) is 0 Å². The summed E-state index contributed by atoms with van der Waals surface area (Å²) in [4.78, 5) is 13.4. The fraction of sp³-hybridized carbons (Fsp3) is 0.500. The highest BCUT2D eigenvalue weighted by molar-refractivity contribution is 5.67. The molecule has 18 heavy (non-hydrogen) atoms. The van der Waals surface area contributed by atoms with E-state index in [4.69, 9.17) is 4.74 Å².